The first-order chi connectivity index (χ1) is 10.9. The van der Waals surface area contributed by atoms with Crippen LogP contribution in [0.5, 0.6) is 0 Å². The first-order valence-electron chi connectivity index (χ1n) is 7.02. The fourth-order valence-corrected chi connectivity index (χ4v) is 4.85. The van der Waals surface area contributed by atoms with Crippen LogP contribution in [0, 0.1) is 5.92 Å². The van der Waals surface area contributed by atoms with E-state index in [1.165, 1.54) is 17.4 Å². The van der Waals surface area contributed by atoms with E-state index >= 15 is 0 Å². The van der Waals surface area contributed by atoms with Gasteiger partial charge in [0.1, 0.15) is 9.77 Å². The van der Waals surface area contributed by atoms with E-state index in [-0.39, 0.29) is 34.6 Å². The highest BCUT2D eigenvalue weighted by atomic mass is 35.5. The minimum atomic E-state index is -3.73. The van der Waals surface area contributed by atoms with Crippen molar-refractivity contribution in [3.63, 3.8) is 0 Å². The van der Waals surface area contributed by atoms with E-state index < -0.39 is 15.9 Å². The Kier molecular flexibility index (Phi) is 8.34. The van der Waals surface area contributed by atoms with Crippen molar-refractivity contribution in [1.29, 1.82) is 0 Å². The summed E-state index contributed by atoms with van der Waals surface area (Å²) in [6.45, 7) is 2.99. The third kappa shape index (κ3) is 5.54. The summed E-state index contributed by atoms with van der Waals surface area (Å²) >= 11 is 2.58. The number of rotatable bonds is 8. The third-order valence-corrected chi connectivity index (χ3v) is 6.52. The molecule has 0 saturated carbocycles. The van der Waals surface area contributed by atoms with Crippen LogP contribution in [0.25, 0.3) is 0 Å². The van der Waals surface area contributed by atoms with Gasteiger partial charge in [-0.3, -0.25) is 4.79 Å². The first kappa shape index (κ1) is 21.1. The van der Waals surface area contributed by atoms with E-state index in [9.17, 15) is 13.2 Å². The monoisotopic (exact) mass is 409 g/mol. The van der Waals surface area contributed by atoms with E-state index in [4.69, 9.17) is 5.73 Å². The number of amides is 1. The van der Waals surface area contributed by atoms with Crippen LogP contribution < -0.4 is 15.8 Å². The third-order valence-electron chi connectivity index (χ3n) is 3.15. The quantitative estimate of drug-likeness (QED) is 0.620. The van der Waals surface area contributed by atoms with Gasteiger partial charge in [0.15, 0.2) is 0 Å². The highest BCUT2D eigenvalue weighted by Crippen LogP contribution is 2.22. The normalized spacial score (nSPS) is 12.4. The van der Waals surface area contributed by atoms with Crippen LogP contribution in [-0.4, -0.2) is 27.4 Å². The van der Waals surface area contributed by atoms with Gasteiger partial charge >= 0.3 is 0 Å². The molecule has 0 aromatic carbocycles. The zero-order valence-electron chi connectivity index (χ0n) is 13.0. The molecule has 0 aliphatic rings. The standard InChI is InChI=1S/C14H19N3O3S3.ClH/c1-10(7-15)8-16-14(18)13-12(4-6-22-13)23(19,20)17-9-11-3-2-5-21-11;/h2-6,10,17H,7-9,15H2,1H3,(H,16,18);1H. The number of carbonyl (C=O) groups is 1. The van der Waals surface area contributed by atoms with Crippen LogP contribution in [-0.2, 0) is 16.6 Å². The molecule has 6 nitrogen and oxygen atoms in total. The summed E-state index contributed by atoms with van der Waals surface area (Å²) in [6, 6.07) is 5.15. The number of thiophene rings is 2. The minimum absolute atomic E-state index is 0. The molecular weight excluding hydrogens is 390 g/mol. The van der Waals surface area contributed by atoms with Gasteiger partial charge in [-0.2, -0.15) is 0 Å². The van der Waals surface area contributed by atoms with Crippen molar-refractivity contribution in [3.05, 3.63) is 38.7 Å². The molecule has 4 N–H and O–H groups in total. The van der Waals surface area contributed by atoms with Crippen LogP contribution in [0.1, 0.15) is 21.5 Å². The molecule has 0 aliphatic carbocycles. The number of nitrogens with one attached hydrogen (secondary N) is 2. The molecule has 0 aliphatic heterocycles. The van der Waals surface area contributed by atoms with Crippen molar-refractivity contribution in [2.45, 2.75) is 18.4 Å². The Morgan fingerprint density at radius 1 is 1.29 bits per heavy atom. The molecule has 1 unspecified atom stereocenters. The van der Waals surface area contributed by atoms with Gasteiger partial charge in [0, 0.05) is 18.0 Å². The second-order valence-corrected chi connectivity index (χ2v) is 8.75. The Labute approximate surface area is 155 Å². The molecule has 0 radical (unpaired) electrons. The van der Waals surface area contributed by atoms with Gasteiger partial charge in [0.25, 0.3) is 5.91 Å². The number of nitrogens with two attached hydrogens (primary N) is 1. The smallest absolute Gasteiger partial charge is 0.262 e. The number of halogens is 1. The predicted octanol–water partition coefficient (Wildman–Crippen LogP) is 2.03. The second-order valence-electron chi connectivity index (χ2n) is 5.07. The predicted molar refractivity (Wildman–Crippen MR) is 100 cm³/mol. The van der Waals surface area contributed by atoms with Crippen LogP contribution in [0.15, 0.2) is 33.9 Å². The van der Waals surface area contributed by atoms with Crippen molar-refractivity contribution in [2.75, 3.05) is 13.1 Å². The lowest BCUT2D eigenvalue weighted by Crippen LogP contribution is -2.32. The largest absolute Gasteiger partial charge is 0.351 e. The molecular formula is C14H20ClN3O3S3. The molecule has 0 spiro atoms. The zero-order chi connectivity index (χ0) is 16.9. The van der Waals surface area contributed by atoms with E-state index in [2.05, 4.69) is 10.0 Å². The lowest BCUT2D eigenvalue weighted by molar-refractivity contribution is 0.0949. The Morgan fingerprint density at radius 3 is 2.67 bits per heavy atom. The molecule has 0 bridgehead atoms. The van der Waals surface area contributed by atoms with Crippen molar-refractivity contribution in [2.24, 2.45) is 11.7 Å². The fraction of sp³-hybridized carbons (Fsp3) is 0.357. The van der Waals surface area contributed by atoms with Crippen molar-refractivity contribution < 1.29 is 13.2 Å². The lowest BCUT2D eigenvalue weighted by atomic mass is 10.2. The van der Waals surface area contributed by atoms with Gasteiger partial charge in [-0.1, -0.05) is 13.0 Å². The molecule has 2 aromatic heterocycles. The number of carbonyl (C=O) groups excluding carboxylic acids is 1. The Hall–Kier alpha value is -0.970. The molecule has 2 heterocycles. The highest BCUT2D eigenvalue weighted by molar-refractivity contribution is 7.89. The summed E-state index contributed by atoms with van der Waals surface area (Å²) in [5.41, 5.74) is 5.51. The molecule has 0 saturated heterocycles. The summed E-state index contributed by atoms with van der Waals surface area (Å²) in [5.74, 6) is -0.257. The summed E-state index contributed by atoms with van der Waals surface area (Å²) in [6.07, 6.45) is 0. The van der Waals surface area contributed by atoms with Crippen molar-refractivity contribution in [3.8, 4) is 0 Å². The minimum Gasteiger partial charge on any atom is -0.351 e. The summed E-state index contributed by atoms with van der Waals surface area (Å²) < 4.78 is 27.3. The molecule has 1 atom stereocenters. The van der Waals surface area contributed by atoms with Gasteiger partial charge in [-0.15, -0.1) is 35.1 Å². The Balaban J connectivity index is 0.00000288. The van der Waals surface area contributed by atoms with E-state index in [1.54, 1.807) is 5.38 Å². The van der Waals surface area contributed by atoms with Crippen LogP contribution in [0.4, 0.5) is 0 Å². The van der Waals surface area contributed by atoms with Crippen LogP contribution in [0.3, 0.4) is 0 Å². The second kappa shape index (κ2) is 9.50. The van der Waals surface area contributed by atoms with Gasteiger partial charge in [-0.05, 0) is 35.4 Å². The molecule has 1 amide bonds. The van der Waals surface area contributed by atoms with Crippen molar-refractivity contribution >= 4 is 51.0 Å². The Bertz CT molecular complexity index is 744. The molecule has 10 heteroatoms. The number of hydrogen-bond acceptors (Lipinski definition) is 6. The van der Waals surface area contributed by atoms with Gasteiger partial charge < -0.3 is 11.1 Å². The number of sulfonamides is 1. The van der Waals surface area contributed by atoms with Crippen LogP contribution >= 0.6 is 35.1 Å². The van der Waals surface area contributed by atoms with Gasteiger partial charge in [-0.25, -0.2) is 13.1 Å². The maximum absolute atomic E-state index is 12.4. The summed E-state index contributed by atoms with van der Waals surface area (Å²) in [5, 5.41) is 6.20. The van der Waals surface area contributed by atoms with Crippen LogP contribution in [0.2, 0.25) is 0 Å². The molecule has 0 fully saturated rings. The van der Waals surface area contributed by atoms with E-state index in [0.29, 0.717) is 13.1 Å². The Morgan fingerprint density at radius 2 is 2.04 bits per heavy atom. The van der Waals surface area contributed by atoms with Gasteiger partial charge in [0.2, 0.25) is 10.0 Å². The van der Waals surface area contributed by atoms with Gasteiger partial charge in [0.05, 0.1) is 0 Å². The first-order valence-corrected chi connectivity index (χ1v) is 10.3. The average Bonchev–Trinajstić information content (AvgIpc) is 3.21. The molecule has 2 aromatic rings. The highest BCUT2D eigenvalue weighted by Gasteiger charge is 2.24. The summed E-state index contributed by atoms with van der Waals surface area (Å²) in [7, 11) is -3.73. The molecule has 2 rings (SSSR count). The maximum Gasteiger partial charge on any atom is 0.262 e. The topological polar surface area (TPSA) is 101 Å². The van der Waals surface area contributed by atoms with E-state index in [1.807, 2.05) is 24.4 Å². The average molecular weight is 410 g/mol. The van der Waals surface area contributed by atoms with Crippen molar-refractivity contribution in [1.82, 2.24) is 10.0 Å². The van der Waals surface area contributed by atoms with E-state index in [0.717, 1.165) is 16.2 Å². The molecule has 134 valence electrons. The zero-order valence-corrected chi connectivity index (χ0v) is 16.3. The SMILES string of the molecule is CC(CN)CNC(=O)c1sccc1S(=O)(=O)NCc1cccs1.Cl. The number of hydrogen-bond donors (Lipinski definition) is 3. The lowest BCUT2D eigenvalue weighted by Gasteiger charge is -2.11. The molecule has 24 heavy (non-hydrogen) atoms. The maximum atomic E-state index is 12.4. The fourth-order valence-electron chi connectivity index (χ4n) is 1.76. The summed E-state index contributed by atoms with van der Waals surface area (Å²) in [4.78, 5) is 13.3.